The van der Waals surface area contributed by atoms with Gasteiger partial charge in [-0.15, -0.1) is 0 Å². The maximum atomic E-state index is 11.8. The summed E-state index contributed by atoms with van der Waals surface area (Å²) in [6, 6.07) is 7.14. The number of carbonyl (C=O) groups excluding carboxylic acids is 1. The molecule has 0 aromatic heterocycles. The summed E-state index contributed by atoms with van der Waals surface area (Å²) >= 11 is 5.87. The van der Waals surface area contributed by atoms with Crippen molar-refractivity contribution in [2.24, 2.45) is 5.16 Å². The lowest BCUT2D eigenvalue weighted by atomic mass is 9.91. The molecule has 2 heterocycles. The van der Waals surface area contributed by atoms with Crippen LogP contribution in [0.4, 0.5) is 0 Å². The highest BCUT2D eigenvalue weighted by molar-refractivity contribution is 6.30. The third-order valence-corrected chi connectivity index (χ3v) is 3.29. The van der Waals surface area contributed by atoms with Crippen molar-refractivity contribution in [1.82, 2.24) is 0 Å². The Morgan fingerprint density at radius 1 is 1.26 bits per heavy atom. The van der Waals surface area contributed by atoms with E-state index in [1.54, 1.807) is 12.1 Å². The van der Waals surface area contributed by atoms with E-state index in [-0.39, 0.29) is 0 Å². The number of hydrogen-bond acceptors (Lipinski definition) is 4. The van der Waals surface area contributed by atoms with Crippen molar-refractivity contribution in [3.05, 3.63) is 40.4 Å². The fourth-order valence-corrected chi connectivity index (χ4v) is 2.35. The average Bonchev–Trinajstić information content (AvgIpc) is 2.69. The van der Waals surface area contributed by atoms with Crippen LogP contribution >= 0.6 is 11.6 Å². The first-order valence-electron chi connectivity index (χ1n) is 5.94. The van der Waals surface area contributed by atoms with Gasteiger partial charge in [0.1, 0.15) is 22.6 Å². The molecule has 0 saturated carbocycles. The Morgan fingerprint density at radius 3 is 2.63 bits per heavy atom. The highest BCUT2D eigenvalue weighted by Crippen LogP contribution is 2.38. The molecular formula is C14H12ClNO3. The van der Waals surface area contributed by atoms with Crippen molar-refractivity contribution < 1.29 is 14.4 Å². The molecule has 0 fully saturated rings. The number of fused-ring (bicyclic) bond motifs is 1. The zero-order valence-corrected chi connectivity index (χ0v) is 11.3. The number of oxime groups is 1. The number of ether oxygens (including phenoxy) is 1. The summed E-state index contributed by atoms with van der Waals surface area (Å²) < 4.78 is 5.94. The first kappa shape index (κ1) is 12.2. The van der Waals surface area contributed by atoms with Crippen LogP contribution < -0.4 is 0 Å². The molecule has 0 atom stereocenters. The lowest BCUT2D eigenvalue weighted by molar-refractivity contribution is -0.136. The third kappa shape index (κ3) is 2.12. The molecule has 0 radical (unpaired) electrons. The summed E-state index contributed by atoms with van der Waals surface area (Å²) in [6.45, 7) is 3.90. The highest BCUT2D eigenvalue weighted by atomic mass is 35.5. The van der Waals surface area contributed by atoms with Gasteiger partial charge in [0.05, 0.1) is 0 Å². The fraction of sp³-hybridized carbons (Fsp3) is 0.286. The Bertz CT molecular complexity index is 614. The number of carbonyl (C=O) groups is 1. The number of hydrogen-bond donors (Lipinski definition) is 0. The van der Waals surface area contributed by atoms with Crippen molar-refractivity contribution in [3.8, 4) is 0 Å². The van der Waals surface area contributed by atoms with Gasteiger partial charge < -0.3 is 9.57 Å². The first-order valence-corrected chi connectivity index (χ1v) is 6.32. The maximum Gasteiger partial charge on any atom is 0.371 e. The van der Waals surface area contributed by atoms with Crippen LogP contribution in [-0.4, -0.2) is 17.3 Å². The predicted molar refractivity (Wildman–Crippen MR) is 71.7 cm³/mol. The summed E-state index contributed by atoms with van der Waals surface area (Å²) in [5.74, 6) is 0.0459. The van der Waals surface area contributed by atoms with Crippen LogP contribution in [0.3, 0.4) is 0 Å². The van der Waals surface area contributed by atoms with Gasteiger partial charge in [-0.1, -0.05) is 16.8 Å². The lowest BCUT2D eigenvalue weighted by Crippen LogP contribution is -2.33. The standard InChI is InChI=1S/C14H12ClNO3/c1-14(2)7-10-11(13(17)19-16-10)12(18-14)8-3-5-9(15)6-4-8/h3-6H,7H2,1-2H3. The largest absolute Gasteiger partial charge is 0.486 e. The number of benzene rings is 1. The van der Waals surface area contributed by atoms with Crippen LogP contribution in [0.1, 0.15) is 25.8 Å². The second kappa shape index (κ2) is 4.10. The van der Waals surface area contributed by atoms with Crippen molar-refractivity contribution in [3.63, 3.8) is 0 Å². The monoisotopic (exact) mass is 277 g/mol. The number of nitrogens with zero attached hydrogens (tertiary/aromatic N) is 1. The van der Waals surface area contributed by atoms with E-state index >= 15 is 0 Å². The van der Waals surface area contributed by atoms with Crippen molar-refractivity contribution in [1.29, 1.82) is 0 Å². The van der Waals surface area contributed by atoms with E-state index in [2.05, 4.69) is 5.16 Å². The minimum absolute atomic E-state index is 0.418. The van der Waals surface area contributed by atoms with E-state index in [1.807, 2.05) is 26.0 Å². The second-order valence-electron chi connectivity index (χ2n) is 5.17. The van der Waals surface area contributed by atoms with E-state index in [9.17, 15) is 4.79 Å². The maximum absolute atomic E-state index is 11.8. The van der Waals surface area contributed by atoms with E-state index in [1.165, 1.54) is 0 Å². The molecule has 0 amide bonds. The SMILES string of the molecule is CC1(C)CC2=NOC(=O)C2=C(c2ccc(Cl)cc2)O1. The summed E-state index contributed by atoms with van der Waals surface area (Å²) in [4.78, 5) is 16.5. The summed E-state index contributed by atoms with van der Waals surface area (Å²) in [5, 5.41) is 4.46. The lowest BCUT2D eigenvalue weighted by Gasteiger charge is -2.32. The zero-order chi connectivity index (χ0) is 13.6. The van der Waals surface area contributed by atoms with Gasteiger partial charge in [0, 0.05) is 17.0 Å². The van der Waals surface area contributed by atoms with Gasteiger partial charge in [0.25, 0.3) is 0 Å². The molecule has 1 aromatic carbocycles. The molecule has 0 N–H and O–H groups in total. The van der Waals surface area contributed by atoms with Gasteiger partial charge in [-0.25, -0.2) is 4.79 Å². The summed E-state index contributed by atoms with van der Waals surface area (Å²) in [6.07, 6.45) is 0.547. The van der Waals surface area contributed by atoms with Crippen molar-refractivity contribution in [2.75, 3.05) is 0 Å². The molecule has 2 aliphatic rings. The molecule has 0 saturated heterocycles. The fourth-order valence-electron chi connectivity index (χ4n) is 2.22. The van der Waals surface area contributed by atoms with Crippen LogP contribution in [-0.2, 0) is 14.4 Å². The summed E-state index contributed by atoms with van der Waals surface area (Å²) in [7, 11) is 0. The quantitative estimate of drug-likeness (QED) is 0.741. The van der Waals surface area contributed by atoms with Crippen LogP contribution in [0.15, 0.2) is 35.0 Å². The normalized spacial score (nSPS) is 20.6. The Balaban J connectivity index is 2.15. The van der Waals surface area contributed by atoms with Gasteiger partial charge in [0.15, 0.2) is 0 Å². The molecule has 3 rings (SSSR count). The molecule has 2 aliphatic heterocycles. The van der Waals surface area contributed by atoms with Gasteiger partial charge in [-0.2, -0.15) is 0 Å². The Kier molecular flexibility index (Phi) is 2.64. The number of rotatable bonds is 1. The molecule has 98 valence electrons. The average molecular weight is 278 g/mol. The molecule has 0 spiro atoms. The van der Waals surface area contributed by atoms with Crippen LogP contribution in [0.5, 0.6) is 0 Å². The number of halogens is 1. The molecular weight excluding hydrogens is 266 g/mol. The predicted octanol–water partition coefficient (Wildman–Crippen LogP) is 3.16. The molecule has 0 aliphatic carbocycles. The summed E-state index contributed by atoms with van der Waals surface area (Å²) in [5.41, 5.74) is 1.43. The van der Waals surface area contributed by atoms with Gasteiger partial charge in [-0.3, -0.25) is 0 Å². The van der Waals surface area contributed by atoms with Gasteiger partial charge in [-0.05, 0) is 38.1 Å². The van der Waals surface area contributed by atoms with E-state index < -0.39 is 11.6 Å². The van der Waals surface area contributed by atoms with Crippen molar-refractivity contribution >= 4 is 29.0 Å². The van der Waals surface area contributed by atoms with Gasteiger partial charge >= 0.3 is 5.97 Å². The third-order valence-electron chi connectivity index (χ3n) is 3.04. The van der Waals surface area contributed by atoms with Crippen LogP contribution in [0, 0.1) is 0 Å². The van der Waals surface area contributed by atoms with E-state index in [4.69, 9.17) is 21.2 Å². The Hall–Kier alpha value is -1.81. The Morgan fingerprint density at radius 2 is 1.95 bits per heavy atom. The molecule has 0 unspecified atom stereocenters. The topological polar surface area (TPSA) is 47.9 Å². The molecule has 19 heavy (non-hydrogen) atoms. The van der Waals surface area contributed by atoms with E-state index in [0.717, 1.165) is 5.56 Å². The van der Waals surface area contributed by atoms with Crippen LogP contribution in [0.25, 0.3) is 5.76 Å². The second-order valence-corrected chi connectivity index (χ2v) is 5.60. The zero-order valence-electron chi connectivity index (χ0n) is 10.6. The van der Waals surface area contributed by atoms with Gasteiger partial charge in [0.2, 0.25) is 0 Å². The van der Waals surface area contributed by atoms with E-state index in [0.29, 0.717) is 28.5 Å². The molecule has 0 bridgehead atoms. The highest BCUT2D eigenvalue weighted by Gasteiger charge is 2.41. The smallest absolute Gasteiger partial charge is 0.371 e. The molecule has 5 heteroatoms. The first-order chi connectivity index (χ1) is 8.96. The minimum atomic E-state index is -0.463. The molecule has 4 nitrogen and oxygen atoms in total. The van der Waals surface area contributed by atoms with Crippen molar-refractivity contribution in [2.45, 2.75) is 25.9 Å². The minimum Gasteiger partial charge on any atom is -0.486 e. The Labute approximate surface area is 115 Å². The molecule has 1 aromatic rings. The van der Waals surface area contributed by atoms with Crippen LogP contribution in [0.2, 0.25) is 5.02 Å².